The average Bonchev–Trinajstić information content (AvgIpc) is 2.99. The lowest BCUT2D eigenvalue weighted by molar-refractivity contribution is 0.418. The zero-order chi connectivity index (χ0) is 13.9. The first-order valence-corrected chi connectivity index (χ1v) is 8.22. The number of aryl methyl sites for hydroxylation is 2. The third-order valence-electron chi connectivity index (χ3n) is 3.59. The second-order valence-electron chi connectivity index (χ2n) is 5.67. The molecule has 0 spiro atoms. The number of nitrogens with one attached hydrogen (secondary N) is 1. The van der Waals surface area contributed by atoms with Crippen LogP contribution in [-0.2, 0) is 19.4 Å². The summed E-state index contributed by atoms with van der Waals surface area (Å²) in [5, 5.41) is 7.35. The molecule has 108 valence electrons. The molecule has 0 saturated carbocycles. The standard InChI is InChI=1S/C15H21N3OS/c1-10(2)16-9-14-17-15(19-18-14)13-8-11-6-4-3-5-7-12(11)20-13/h8,10,16H,3-7,9H2,1-2H3. The molecule has 2 heterocycles. The van der Waals surface area contributed by atoms with Crippen LogP contribution in [0.15, 0.2) is 10.6 Å². The molecule has 3 rings (SSSR count). The number of hydrogen-bond acceptors (Lipinski definition) is 5. The van der Waals surface area contributed by atoms with Crippen LogP contribution >= 0.6 is 11.3 Å². The van der Waals surface area contributed by atoms with Crippen LogP contribution in [-0.4, -0.2) is 16.2 Å². The fraction of sp³-hybridized carbons (Fsp3) is 0.600. The predicted octanol–water partition coefficient (Wildman–Crippen LogP) is 3.57. The van der Waals surface area contributed by atoms with Gasteiger partial charge in [0, 0.05) is 10.9 Å². The molecule has 0 atom stereocenters. The predicted molar refractivity (Wildman–Crippen MR) is 80.8 cm³/mol. The third kappa shape index (κ3) is 3.10. The summed E-state index contributed by atoms with van der Waals surface area (Å²) in [6.45, 7) is 4.88. The van der Waals surface area contributed by atoms with E-state index in [2.05, 4.69) is 35.4 Å². The van der Waals surface area contributed by atoms with Gasteiger partial charge in [0.15, 0.2) is 5.82 Å². The van der Waals surface area contributed by atoms with Gasteiger partial charge in [0.25, 0.3) is 5.89 Å². The van der Waals surface area contributed by atoms with E-state index in [1.807, 2.05) is 11.3 Å². The Kier molecular flexibility index (Phi) is 4.17. The number of rotatable bonds is 4. The van der Waals surface area contributed by atoms with Gasteiger partial charge in [-0.15, -0.1) is 11.3 Å². The minimum absolute atomic E-state index is 0.426. The molecule has 1 N–H and O–H groups in total. The Morgan fingerprint density at radius 3 is 3.00 bits per heavy atom. The quantitative estimate of drug-likeness (QED) is 0.875. The van der Waals surface area contributed by atoms with Crippen LogP contribution in [0.1, 0.15) is 49.4 Å². The van der Waals surface area contributed by atoms with Crippen molar-refractivity contribution < 1.29 is 4.52 Å². The number of hydrogen-bond donors (Lipinski definition) is 1. The third-order valence-corrected chi connectivity index (χ3v) is 4.82. The molecule has 2 aromatic heterocycles. The van der Waals surface area contributed by atoms with E-state index in [9.17, 15) is 0 Å². The minimum atomic E-state index is 0.426. The molecular formula is C15H21N3OS. The number of thiophene rings is 1. The molecule has 0 amide bonds. The Morgan fingerprint density at radius 2 is 2.15 bits per heavy atom. The van der Waals surface area contributed by atoms with Gasteiger partial charge in [-0.05, 0) is 37.3 Å². The van der Waals surface area contributed by atoms with Crippen LogP contribution in [0.3, 0.4) is 0 Å². The second kappa shape index (κ2) is 6.06. The fourth-order valence-electron chi connectivity index (χ4n) is 2.49. The Balaban J connectivity index is 1.76. The lowest BCUT2D eigenvalue weighted by Gasteiger charge is -2.02. The second-order valence-corrected chi connectivity index (χ2v) is 6.81. The summed E-state index contributed by atoms with van der Waals surface area (Å²) in [4.78, 5) is 7.13. The van der Waals surface area contributed by atoms with E-state index in [0.29, 0.717) is 18.5 Å². The van der Waals surface area contributed by atoms with E-state index in [1.165, 1.54) is 42.5 Å². The van der Waals surface area contributed by atoms with Crippen molar-refractivity contribution in [3.05, 3.63) is 22.3 Å². The SMILES string of the molecule is CC(C)NCc1noc(-c2cc3c(s2)CCCCC3)n1. The van der Waals surface area contributed by atoms with Gasteiger partial charge in [-0.2, -0.15) is 4.98 Å². The first kappa shape index (κ1) is 13.8. The van der Waals surface area contributed by atoms with E-state index in [1.54, 1.807) is 0 Å². The van der Waals surface area contributed by atoms with Crippen LogP contribution in [0.5, 0.6) is 0 Å². The smallest absolute Gasteiger partial charge is 0.268 e. The molecule has 0 unspecified atom stereocenters. The van der Waals surface area contributed by atoms with Crippen molar-refractivity contribution in [2.24, 2.45) is 0 Å². The van der Waals surface area contributed by atoms with E-state index in [-0.39, 0.29) is 0 Å². The molecule has 0 radical (unpaired) electrons. The van der Waals surface area contributed by atoms with Gasteiger partial charge in [0.1, 0.15) is 0 Å². The maximum Gasteiger partial charge on any atom is 0.268 e. The van der Waals surface area contributed by atoms with E-state index in [0.717, 1.165) is 10.7 Å². The van der Waals surface area contributed by atoms with Crippen molar-refractivity contribution in [3.8, 4) is 10.8 Å². The molecule has 1 aliphatic carbocycles. The van der Waals surface area contributed by atoms with Crippen LogP contribution in [0, 0.1) is 0 Å². The van der Waals surface area contributed by atoms with E-state index < -0.39 is 0 Å². The molecule has 0 fully saturated rings. The molecule has 1 aliphatic rings. The van der Waals surface area contributed by atoms with Gasteiger partial charge >= 0.3 is 0 Å². The van der Waals surface area contributed by atoms with Crippen LogP contribution in [0.25, 0.3) is 10.8 Å². The first-order valence-electron chi connectivity index (χ1n) is 7.40. The number of aromatic nitrogens is 2. The Hall–Kier alpha value is -1.20. The molecular weight excluding hydrogens is 270 g/mol. The van der Waals surface area contributed by atoms with Crippen LogP contribution in [0.2, 0.25) is 0 Å². The highest BCUT2D eigenvalue weighted by atomic mass is 32.1. The summed E-state index contributed by atoms with van der Waals surface area (Å²) < 4.78 is 5.40. The molecule has 0 bridgehead atoms. The topological polar surface area (TPSA) is 51.0 Å². The van der Waals surface area contributed by atoms with E-state index in [4.69, 9.17) is 4.52 Å². The largest absolute Gasteiger partial charge is 0.333 e. The van der Waals surface area contributed by atoms with Crippen molar-refractivity contribution in [2.75, 3.05) is 0 Å². The van der Waals surface area contributed by atoms with Gasteiger partial charge in [0.05, 0.1) is 11.4 Å². The van der Waals surface area contributed by atoms with Gasteiger partial charge in [0.2, 0.25) is 0 Å². The van der Waals surface area contributed by atoms with Crippen molar-refractivity contribution >= 4 is 11.3 Å². The molecule has 20 heavy (non-hydrogen) atoms. The highest BCUT2D eigenvalue weighted by Gasteiger charge is 2.17. The van der Waals surface area contributed by atoms with Gasteiger partial charge in [-0.25, -0.2) is 0 Å². The monoisotopic (exact) mass is 291 g/mol. The van der Waals surface area contributed by atoms with Gasteiger partial charge in [-0.1, -0.05) is 25.4 Å². The highest BCUT2D eigenvalue weighted by Crippen LogP contribution is 2.34. The molecule has 4 nitrogen and oxygen atoms in total. The highest BCUT2D eigenvalue weighted by molar-refractivity contribution is 7.15. The Bertz CT molecular complexity index is 550. The van der Waals surface area contributed by atoms with Crippen LogP contribution < -0.4 is 5.32 Å². The lowest BCUT2D eigenvalue weighted by Crippen LogP contribution is -2.22. The van der Waals surface area contributed by atoms with Gasteiger partial charge < -0.3 is 9.84 Å². The molecule has 0 saturated heterocycles. The molecule has 5 heteroatoms. The molecule has 2 aromatic rings. The summed E-state index contributed by atoms with van der Waals surface area (Å²) in [5.74, 6) is 1.40. The Morgan fingerprint density at radius 1 is 1.30 bits per heavy atom. The van der Waals surface area contributed by atoms with Crippen LogP contribution in [0.4, 0.5) is 0 Å². The Labute approximate surface area is 123 Å². The van der Waals surface area contributed by atoms with Gasteiger partial charge in [-0.3, -0.25) is 0 Å². The maximum atomic E-state index is 5.40. The lowest BCUT2D eigenvalue weighted by atomic mass is 10.1. The summed E-state index contributed by atoms with van der Waals surface area (Å²) >= 11 is 1.82. The summed E-state index contributed by atoms with van der Waals surface area (Å²) in [6.07, 6.45) is 6.36. The minimum Gasteiger partial charge on any atom is -0.333 e. The average molecular weight is 291 g/mol. The van der Waals surface area contributed by atoms with Crippen molar-refractivity contribution in [1.82, 2.24) is 15.5 Å². The fourth-order valence-corrected chi connectivity index (χ4v) is 3.67. The summed E-state index contributed by atoms with van der Waals surface area (Å²) in [5.41, 5.74) is 1.49. The maximum absolute atomic E-state index is 5.40. The zero-order valence-corrected chi connectivity index (χ0v) is 12.9. The first-order chi connectivity index (χ1) is 9.72. The van der Waals surface area contributed by atoms with Crippen molar-refractivity contribution in [3.63, 3.8) is 0 Å². The van der Waals surface area contributed by atoms with Crippen molar-refractivity contribution in [1.29, 1.82) is 0 Å². The molecule has 0 aliphatic heterocycles. The molecule has 0 aromatic carbocycles. The number of nitrogens with zero attached hydrogens (tertiary/aromatic N) is 2. The van der Waals surface area contributed by atoms with Crippen molar-refractivity contribution in [2.45, 2.75) is 58.5 Å². The normalized spacial score (nSPS) is 15.3. The summed E-state index contributed by atoms with van der Waals surface area (Å²) in [6, 6.07) is 2.67. The summed E-state index contributed by atoms with van der Waals surface area (Å²) in [7, 11) is 0. The zero-order valence-electron chi connectivity index (χ0n) is 12.1. The van der Waals surface area contributed by atoms with E-state index >= 15 is 0 Å². The number of fused-ring (bicyclic) bond motifs is 1.